The highest BCUT2D eigenvalue weighted by Gasteiger charge is 2.88. The maximum atomic E-state index is 13.0. The van der Waals surface area contributed by atoms with E-state index in [2.05, 4.69) is 5.32 Å². The summed E-state index contributed by atoms with van der Waals surface area (Å²) >= 11 is 0. The zero-order chi connectivity index (χ0) is 21.1. The Labute approximate surface area is 136 Å². The predicted molar refractivity (Wildman–Crippen MR) is 66.2 cm³/mol. The van der Waals surface area contributed by atoms with Gasteiger partial charge in [0.2, 0.25) is 0 Å². The lowest BCUT2D eigenvalue weighted by atomic mass is 9.96. The highest BCUT2D eigenvalue weighted by atomic mass is 32.2. The lowest BCUT2D eigenvalue weighted by molar-refractivity contribution is -0.390. The summed E-state index contributed by atoms with van der Waals surface area (Å²) in [6, 6.07) is 0. The second-order valence-corrected chi connectivity index (χ2v) is 6.13. The maximum absolute atomic E-state index is 13.0. The molecule has 2 N–H and O–H groups in total. The van der Waals surface area contributed by atoms with E-state index in [0.29, 0.717) is 0 Å². The van der Waals surface area contributed by atoms with Crippen molar-refractivity contribution in [3.05, 3.63) is 0 Å². The van der Waals surface area contributed by atoms with Gasteiger partial charge in [0.05, 0.1) is 0 Å². The van der Waals surface area contributed by atoms with Crippen LogP contribution in [-0.2, 0) is 10.1 Å². The van der Waals surface area contributed by atoms with Crippen molar-refractivity contribution in [2.24, 2.45) is 0 Å². The summed E-state index contributed by atoms with van der Waals surface area (Å²) in [7, 11) is -3.55. The highest BCUT2D eigenvalue weighted by molar-refractivity contribution is 7.87. The molecule has 0 aromatic rings. The highest BCUT2D eigenvalue weighted by Crippen LogP contribution is 2.58. The molecule has 0 radical (unpaired) electrons. The minimum Gasteiger partial charge on any atom is -0.323 e. The Morgan fingerprint density at radius 3 is 1.36 bits per heavy atom. The number of rotatable bonds is 7. The van der Waals surface area contributed by atoms with E-state index in [9.17, 15) is 52.3 Å². The molecule has 0 rings (SSSR count). The number of halogens is 10. The minimum absolute atomic E-state index is 0.785. The SMILES string of the molecule is CCCC(F)(F)C(F)(F)C(F)(F)C(F)(F)C(F)(F)S(=O)(=O)O.CNC. The van der Waals surface area contributed by atoms with Gasteiger partial charge in [-0.2, -0.15) is 52.3 Å². The first-order valence-electron chi connectivity index (χ1n) is 6.17. The Morgan fingerprint density at radius 1 is 0.800 bits per heavy atom. The van der Waals surface area contributed by atoms with Crippen LogP contribution in [0.15, 0.2) is 0 Å². The van der Waals surface area contributed by atoms with Crippen LogP contribution in [0.4, 0.5) is 43.9 Å². The van der Waals surface area contributed by atoms with Crippen LogP contribution in [-0.4, -0.2) is 56.0 Å². The van der Waals surface area contributed by atoms with E-state index in [1.165, 1.54) is 0 Å². The van der Waals surface area contributed by atoms with Crippen molar-refractivity contribution in [1.29, 1.82) is 0 Å². The molecular weight excluding hydrogens is 404 g/mol. The number of hydrogen-bond donors (Lipinski definition) is 2. The molecule has 0 aromatic carbocycles. The molecule has 0 saturated heterocycles. The summed E-state index contributed by atoms with van der Waals surface area (Å²) in [5.41, 5.74) is 0. The fourth-order valence-electron chi connectivity index (χ4n) is 1.24. The largest absolute Gasteiger partial charge is 0.438 e. The van der Waals surface area contributed by atoms with E-state index in [1.54, 1.807) is 0 Å². The minimum atomic E-state index is -7.52. The molecule has 15 heteroatoms. The van der Waals surface area contributed by atoms with Gasteiger partial charge < -0.3 is 5.32 Å². The van der Waals surface area contributed by atoms with Gasteiger partial charge in [0.25, 0.3) is 0 Å². The molecule has 25 heavy (non-hydrogen) atoms. The zero-order valence-corrected chi connectivity index (χ0v) is 13.7. The normalized spacial score (nSPS) is 14.8. The first-order valence-corrected chi connectivity index (χ1v) is 7.61. The number of nitrogens with one attached hydrogen (secondary N) is 1. The topological polar surface area (TPSA) is 66.4 Å². The Bertz CT molecular complexity index is 535. The third-order valence-corrected chi connectivity index (χ3v) is 3.41. The van der Waals surface area contributed by atoms with Gasteiger partial charge in [0.1, 0.15) is 0 Å². The molecule has 0 unspecified atom stereocenters. The molecule has 0 spiro atoms. The van der Waals surface area contributed by atoms with Crippen LogP contribution in [0.1, 0.15) is 19.8 Å². The van der Waals surface area contributed by atoms with Crippen LogP contribution < -0.4 is 5.32 Å². The summed E-state index contributed by atoms with van der Waals surface area (Å²) < 4.78 is 157. The van der Waals surface area contributed by atoms with Gasteiger partial charge in [-0.15, -0.1) is 0 Å². The lowest BCUT2D eigenvalue weighted by Gasteiger charge is -2.38. The van der Waals surface area contributed by atoms with Crippen molar-refractivity contribution in [3.8, 4) is 0 Å². The number of hydrogen-bond acceptors (Lipinski definition) is 3. The molecule has 0 heterocycles. The molecule has 0 bridgehead atoms. The van der Waals surface area contributed by atoms with Crippen LogP contribution >= 0.6 is 0 Å². The quantitative estimate of drug-likeness (QED) is 0.489. The van der Waals surface area contributed by atoms with E-state index in [4.69, 9.17) is 4.55 Å². The van der Waals surface area contributed by atoms with Crippen LogP contribution in [0.2, 0.25) is 0 Å². The molecular formula is C10H15F10NO3S. The van der Waals surface area contributed by atoms with E-state index >= 15 is 0 Å². The first kappa shape index (κ1) is 26.4. The van der Waals surface area contributed by atoms with E-state index in [1.807, 2.05) is 14.1 Å². The average Bonchev–Trinajstić information content (AvgIpc) is 2.37. The molecule has 0 aliphatic carbocycles. The maximum Gasteiger partial charge on any atom is 0.438 e. The molecule has 0 aliphatic rings. The molecule has 0 aliphatic heterocycles. The van der Waals surface area contributed by atoms with Gasteiger partial charge in [-0.1, -0.05) is 13.3 Å². The van der Waals surface area contributed by atoms with Gasteiger partial charge in [-0.3, -0.25) is 4.55 Å². The average molecular weight is 419 g/mol. The Hall–Kier alpha value is -0.830. The predicted octanol–water partition coefficient (Wildman–Crippen LogP) is 3.64. The van der Waals surface area contributed by atoms with Crippen molar-refractivity contribution < 1.29 is 56.9 Å². The molecule has 0 amide bonds. The van der Waals surface area contributed by atoms with Crippen molar-refractivity contribution in [3.63, 3.8) is 0 Å². The third kappa shape index (κ3) is 4.48. The Kier molecular flexibility index (Phi) is 8.25. The fraction of sp³-hybridized carbons (Fsp3) is 1.00. The van der Waals surface area contributed by atoms with Crippen LogP contribution in [0.3, 0.4) is 0 Å². The van der Waals surface area contributed by atoms with Crippen molar-refractivity contribution in [2.75, 3.05) is 14.1 Å². The molecule has 4 nitrogen and oxygen atoms in total. The van der Waals surface area contributed by atoms with Gasteiger partial charge in [0.15, 0.2) is 0 Å². The van der Waals surface area contributed by atoms with Crippen LogP contribution in [0, 0.1) is 0 Å². The van der Waals surface area contributed by atoms with Crippen molar-refractivity contribution in [1.82, 2.24) is 5.32 Å². The molecule has 0 atom stereocenters. The van der Waals surface area contributed by atoms with Gasteiger partial charge in [-0.05, 0) is 14.1 Å². The standard InChI is InChI=1S/C8H8F10O3S.C2H7N/c1-2-3-4(9,10)5(11,12)6(13,14)7(15,16)8(17,18)22(19,20)21;1-3-2/h2-3H2,1H3,(H,19,20,21);3H,1-2H3. The summed E-state index contributed by atoms with van der Waals surface area (Å²) in [5, 5.41) is -4.38. The third-order valence-electron chi connectivity index (χ3n) is 2.50. The molecule has 0 aromatic heterocycles. The van der Waals surface area contributed by atoms with Gasteiger partial charge in [0, 0.05) is 6.42 Å². The van der Waals surface area contributed by atoms with E-state index in [0.717, 1.165) is 6.92 Å². The Morgan fingerprint density at radius 2 is 1.12 bits per heavy atom. The van der Waals surface area contributed by atoms with Crippen LogP contribution in [0.25, 0.3) is 0 Å². The first-order chi connectivity index (χ1) is 10.7. The second kappa shape index (κ2) is 7.82. The lowest BCUT2D eigenvalue weighted by Crippen LogP contribution is -2.68. The smallest absolute Gasteiger partial charge is 0.323 e. The van der Waals surface area contributed by atoms with Crippen molar-refractivity contribution in [2.45, 2.75) is 48.7 Å². The summed E-state index contributed by atoms with van der Waals surface area (Å²) in [6.45, 7) is 0.785. The second-order valence-electron chi connectivity index (χ2n) is 4.67. The molecule has 0 saturated carbocycles. The summed E-state index contributed by atoms with van der Waals surface area (Å²) in [6.07, 6.45) is -2.97. The fourth-order valence-corrected chi connectivity index (χ4v) is 1.69. The molecule has 154 valence electrons. The summed E-state index contributed by atoms with van der Waals surface area (Å²) in [4.78, 5) is 0. The van der Waals surface area contributed by atoms with E-state index in [-0.39, 0.29) is 0 Å². The summed E-state index contributed by atoms with van der Waals surface area (Å²) in [5.74, 6) is -27.9. The van der Waals surface area contributed by atoms with Crippen LogP contribution in [0.5, 0.6) is 0 Å². The van der Waals surface area contributed by atoms with Crippen molar-refractivity contribution >= 4 is 10.1 Å². The molecule has 0 fully saturated rings. The number of alkyl halides is 10. The van der Waals surface area contributed by atoms with Gasteiger partial charge in [-0.25, -0.2) is 0 Å². The Balaban J connectivity index is 0. The van der Waals surface area contributed by atoms with Gasteiger partial charge >= 0.3 is 39.1 Å². The zero-order valence-electron chi connectivity index (χ0n) is 12.9. The monoisotopic (exact) mass is 419 g/mol. The van der Waals surface area contributed by atoms with E-state index < -0.39 is 51.9 Å².